The first-order valence-electron chi connectivity index (χ1n) is 5.39. The Morgan fingerprint density at radius 2 is 2.32 bits per heavy atom. The van der Waals surface area contributed by atoms with Crippen LogP contribution in [0.4, 0.5) is 5.82 Å². The van der Waals surface area contributed by atoms with E-state index in [1.165, 1.54) is 16.7 Å². The molecule has 2 heterocycles. The minimum absolute atomic E-state index is 0.0273. The SMILES string of the molecule is Cc1ccc(C#N)c(NCc2nc(C(=O)O)cs2)n1. The molecule has 0 saturated carbocycles. The summed E-state index contributed by atoms with van der Waals surface area (Å²) in [6, 6.07) is 5.50. The Morgan fingerprint density at radius 3 is 2.95 bits per heavy atom. The van der Waals surface area contributed by atoms with E-state index in [0.717, 1.165) is 5.69 Å². The van der Waals surface area contributed by atoms with Crippen LogP contribution in [0.25, 0.3) is 0 Å². The van der Waals surface area contributed by atoms with Gasteiger partial charge in [-0.2, -0.15) is 5.26 Å². The Balaban J connectivity index is 2.12. The fourth-order valence-corrected chi connectivity index (χ4v) is 2.14. The van der Waals surface area contributed by atoms with Gasteiger partial charge in [-0.25, -0.2) is 14.8 Å². The van der Waals surface area contributed by atoms with E-state index < -0.39 is 5.97 Å². The molecule has 6 nitrogen and oxygen atoms in total. The predicted octanol–water partition coefficient (Wildman–Crippen LogP) is 2.03. The van der Waals surface area contributed by atoms with Crippen LogP contribution in [0.3, 0.4) is 0 Å². The summed E-state index contributed by atoms with van der Waals surface area (Å²) < 4.78 is 0. The highest BCUT2D eigenvalue weighted by Gasteiger charge is 2.09. The molecule has 0 spiro atoms. The predicted molar refractivity (Wildman–Crippen MR) is 70.1 cm³/mol. The van der Waals surface area contributed by atoms with Crippen molar-refractivity contribution in [2.24, 2.45) is 0 Å². The van der Waals surface area contributed by atoms with Crippen molar-refractivity contribution < 1.29 is 9.90 Å². The second kappa shape index (κ2) is 5.46. The number of carbonyl (C=O) groups is 1. The van der Waals surface area contributed by atoms with Gasteiger partial charge in [-0.3, -0.25) is 0 Å². The second-order valence-electron chi connectivity index (χ2n) is 3.75. The maximum atomic E-state index is 10.7. The molecule has 0 aliphatic carbocycles. The van der Waals surface area contributed by atoms with E-state index in [-0.39, 0.29) is 5.69 Å². The van der Waals surface area contributed by atoms with Crippen LogP contribution in [0.5, 0.6) is 0 Å². The average molecular weight is 274 g/mol. The van der Waals surface area contributed by atoms with Gasteiger partial charge in [-0.15, -0.1) is 11.3 Å². The number of nitrogens with zero attached hydrogens (tertiary/aromatic N) is 3. The molecule has 19 heavy (non-hydrogen) atoms. The first-order valence-corrected chi connectivity index (χ1v) is 6.27. The van der Waals surface area contributed by atoms with Crippen molar-refractivity contribution in [2.75, 3.05) is 5.32 Å². The molecule has 2 rings (SSSR count). The van der Waals surface area contributed by atoms with Gasteiger partial charge >= 0.3 is 5.97 Å². The molecule has 96 valence electrons. The lowest BCUT2D eigenvalue weighted by Gasteiger charge is -2.06. The van der Waals surface area contributed by atoms with Gasteiger partial charge < -0.3 is 10.4 Å². The van der Waals surface area contributed by atoms with Gasteiger partial charge in [0.15, 0.2) is 5.69 Å². The summed E-state index contributed by atoms with van der Waals surface area (Å²) in [6.07, 6.45) is 0. The summed E-state index contributed by atoms with van der Waals surface area (Å²) in [5.41, 5.74) is 1.27. The summed E-state index contributed by atoms with van der Waals surface area (Å²) in [5.74, 6) is -0.566. The molecule has 0 unspecified atom stereocenters. The third-order valence-corrected chi connectivity index (χ3v) is 3.18. The largest absolute Gasteiger partial charge is 0.476 e. The summed E-state index contributed by atoms with van der Waals surface area (Å²) in [7, 11) is 0. The monoisotopic (exact) mass is 274 g/mol. The zero-order valence-electron chi connectivity index (χ0n) is 10.0. The third kappa shape index (κ3) is 3.05. The van der Waals surface area contributed by atoms with Gasteiger partial charge in [0.05, 0.1) is 12.1 Å². The summed E-state index contributed by atoms with van der Waals surface area (Å²) in [5, 5.41) is 22.8. The van der Waals surface area contributed by atoms with Crippen LogP contribution >= 0.6 is 11.3 Å². The molecule has 0 bridgehead atoms. The number of aryl methyl sites for hydroxylation is 1. The minimum Gasteiger partial charge on any atom is -0.476 e. The van der Waals surface area contributed by atoms with Crippen molar-refractivity contribution >= 4 is 23.1 Å². The number of hydrogen-bond acceptors (Lipinski definition) is 6. The number of aromatic carboxylic acids is 1. The molecule has 0 aliphatic heterocycles. The Morgan fingerprint density at radius 1 is 1.53 bits per heavy atom. The number of nitriles is 1. The van der Waals surface area contributed by atoms with Crippen LogP contribution in [-0.2, 0) is 6.54 Å². The fraction of sp³-hybridized carbons (Fsp3) is 0.167. The van der Waals surface area contributed by atoms with Crippen molar-refractivity contribution in [3.63, 3.8) is 0 Å². The van der Waals surface area contributed by atoms with Gasteiger partial charge in [0, 0.05) is 11.1 Å². The zero-order valence-corrected chi connectivity index (χ0v) is 10.9. The maximum Gasteiger partial charge on any atom is 0.355 e. The molecule has 0 radical (unpaired) electrons. The van der Waals surface area contributed by atoms with Crippen LogP contribution in [0.1, 0.15) is 26.8 Å². The second-order valence-corrected chi connectivity index (χ2v) is 4.69. The van der Waals surface area contributed by atoms with E-state index in [1.807, 2.05) is 13.0 Å². The van der Waals surface area contributed by atoms with Crippen LogP contribution in [0.15, 0.2) is 17.5 Å². The Hall–Kier alpha value is -2.46. The molecule has 0 aliphatic rings. The van der Waals surface area contributed by atoms with Crippen LogP contribution in [-0.4, -0.2) is 21.0 Å². The average Bonchev–Trinajstić information content (AvgIpc) is 2.85. The molecular formula is C12H10N4O2S. The smallest absolute Gasteiger partial charge is 0.355 e. The van der Waals surface area contributed by atoms with Gasteiger partial charge in [-0.05, 0) is 19.1 Å². The summed E-state index contributed by atoms with van der Waals surface area (Å²) in [6.45, 7) is 2.17. The number of carboxylic acid groups (broad SMARTS) is 1. The number of aromatic nitrogens is 2. The number of rotatable bonds is 4. The van der Waals surface area contributed by atoms with Gasteiger partial charge in [0.1, 0.15) is 16.9 Å². The van der Waals surface area contributed by atoms with E-state index in [2.05, 4.69) is 15.3 Å². The molecule has 0 aromatic carbocycles. The Labute approximate surface area is 113 Å². The highest BCUT2D eigenvalue weighted by Crippen LogP contribution is 2.15. The molecule has 0 amide bonds. The standard InChI is InChI=1S/C12H10N4O2S/c1-7-2-3-8(4-13)11(15-7)14-5-10-16-9(6-19-10)12(17)18/h2-3,6H,5H2,1H3,(H,14,15)(H,17,18). The zero-order chi connectivity index (χ0) is 13.8. The van der Waals surface area contributed by atoms with E-state index in [1.54, 1.807) is 12.1 Å². The van der Waals surface area contributed by atoms with Crippen molar-refractivity contribution in [2.45, 2.75) is 13.5 Å². The fourth-order valence-electron chi connectivity index (χ4n) is 1.43. The molecule has 0 atom stereocenters. The van der Waals surface area contributed by atoms with Gasteiger partial charge in [0.2, 0.25) is 0 Å². The molecule has 2 aromatic heterocycles. The first kappa shape index (κ1) is 13.0. The topological polar surface area (TPSA) is 98.9 Å². The first-order chi connectivity index (χ1) is 9.10. The maximum absolute atomic E-state index is 10.7. The van der Waals surface area contributed by atoms with Crippen molar-refractivity contribution in [3.05, 3.63) is 39.5 Å². The van der Waals surface area contributed by atoms with Crippen molar-refractivity contribution in [1.82, 2.24) is 9.97 Å². The van der Waals surface area contributed by atoms with Crippen molar-refractivity contribution in [3.8, 4) is 6.07 Å². The highest BCUT2D eigenvalue weighted by atomic mass is 32.1. The Kier molecular flexibility index (Phi) is 3.73. The molecule has 0 saturated heterocycles. The lowest BCUT2D eigenvalue weighted by molar-refractivity contribution is 0.0691. The highest BCUT2D eigenvalue weighted by molar-refractivity contribution is 7.09. The lowest BCUT2D eigenvalue weighted by atomic mass is 10.2. The number of anilines is 1. The molecule has 7 heteroatoms. The minimum atomic E-state index is -1.05. The third-order valence-electron chi connectivity index (χ3n) is 2.33. The lowest BCUT2D eigenvalue weighted by Crippen LogP contribution is -2.05. The normalized spacial score (nSPS) is 9.89. The number of pyridine rings is 1. The molecule has 2 aromatic rings. The van der Waals surface area contributed by atoms with E-state index in [9.17, 15) is 4.79 Å². The summed E-state index contributed by atoms with van der Waals surface area (Å²) >= 11 is 1.25. The van der Waals surface area contributed by atoms with E-state index in [0.29, 0.717) is 22.9 Å². The molecule has 2 N–H and O–H groups in total. The number of carboxylic acids is 1. The summed E-state index contributed by atoms with van der Waals surface area (Å²) in [4.78, 5) is 18.9. The number of hydrogen-bond donors (Lipinski definition) is 2. The molecular weight excluding hydrogens is 264 g/mol. The van der Waals surface area contributed by atoms with Gasteiger partial charge in [0.25, 0.3) is 0 Å². The number of thiazole rings is 1. The van der Waals surface area contributed by atoms with Gasteiger partial charge in [-0.1, -0.05) is 0 Å². The van der Waals surface area contributed by atoms with E-state index in [4.69, 9.17) is 10.4 Å². The molecule has 0 fully saturated rings. The van der Waals surface area contributed by atoms with Crippen LogP contribution in [0, 0.1) is 18.3 Å². The quantitative estimate of drug-likeness (QED) is 0.885. The number of nitrogens with one attached hydrogen (secondary N) is 1. The van der Waals surface area contributed by atoms with Crippen molar-refractivity contribution in [1.29, 1.82) is 5.26 Å². The van der Waals surface area contributed by atoms with Crippen LogP contribution in [0.2, 0.25) is 0 Å². The van der Waals surface area contributed by atoms with E-state index >= 15 is 0 Å². The Bertz CT molecular complexity index is 660. The van der Waals surface area contributed by atoms with Crippen LogP contribution < -0.4 is 5.32 Å².